The van der Waals surface area contributed by atoms with E-state index in [0.717, 1.165) is 4.68 Å². The van der Waals surface area contributed by atoms with E-state index in [9.17, 15) is 14.4 Å². The second-order valence-corrected chi connectivity index (χ2v) is 6.49. The zero-order valence-corrected chi connectivity index (χ0v) is 15.8. The number of nitrogens with one attached hydrogen (secondary N) is 2. The van der Waals surface area contributed by atoms with E-state index in [1.54, 1.807) is 43.5 Å². The highest BCUT2D eigenvalue weighted by atomic mass is 16.5. The Morgan fingerprint density at radius 3 is 2.50 bits per heavy atom. The fraction of sp³-hybridized carbons (Fsp3) is 0.263. The number of hydrogen-bond donors (Lipinski definition) is 2. The molecule has 2 heterocycles. The molecule has 28 heavy (non-hydrogen) atoms. The molecule has 0 radical (unpaired) electrons. The Balaban J connectivity index is 1.81. The van der Waals surface area contributed by atoms with Crippen LogP contribution in [0.25, 0.3) is 5.65 Å². The predicted octanol–water partition coefficient (Wildman–Crippen LogP) is 1.28. The Hall–Kier alpha value is -3.62. The Labute approximate surface area is 160 Å². The molecule has 9 heteroatoms. The molecule has 0 aliphatic heterocycles. The van der Waals surface area contributed by atoms with E-state index in [2.05, 4.69) is 15.7 Å². The van der Waals surface area contributed by atoms with Crippen molar-refractivity contribution in [1.29, 1.82) is 0 Å². The van der Waals surface area contributed by atoms with Gasteiger partial charge in [-0.25, -0.2) is 13.9 Å². The van der Waals surface area contributed by atoms with Gasteiger partial charge in [0, 0.05) is 17.9 Å². The molecule has 0 saturated heterocycles. The van der Waals surface area contributed by atoms with E-state index in [1.807, 2.05) is 13.8 Å². The Kier molecular flexibility index (Phi) is 5.44. The summed E-state index contributed by atoms with van der Waals surface area (Å²) in [6.07, 6.45) is 1.40. The number of rotatable bonds is 6. The number of pyridine rings is 1. The minimum Gasteiger partial charge on any atom is -0.497 e. The topological polar surface area (TPSA) is 107 Å². The van der Waals surface area contributed by atoms with Gasteiger partial charge in [-0.3, -0.25) is 9.59 Å². The van der Waals surface area contributed by atoms with Crippen molar-refractivity contribution in [2.24, 2.45) is 0 Å². The maximum Gasteiger partial charge on any atom is 0.350 e. The zero-order chi connectivity index (χ0) is 20.3. The lowest BCUT2D eigenvalue weighted by Gasteiger charge is -2.07. The first-order valence-corrected chi connectivity index (χ1v) is 8.71. The number of amides is 2. The number of carbonyl (C=O) groups is 2. The van der Waals surface area contributed by atoms with Crippen LogP contribution in [0.3, 0.4) is 0 Å². The molecule has 3 aromatic rings. The smallest absolute Gasteiger partial charge is 0.350 e. The number of carbonyl (C=O) groups excluding carboxylic acids is 2. The number of fused-ring (bicyclic) bond motifs is 1. The summed E-state index contributed by atoms with van der Waals surface area (Å²) in [5, 5.41) is 9.58. The standard InChI is InChI=1S/C19H21N5O4/c1-12(2)20-17(25)11-24-19(27)23-10-13(4-9-16(23)22-24)18(26)21-14-5-7-15(28-3)8-6-14/h4-10,12H,11H2,1-3H3,(H,20,25)(H,21,26). The normalized spacial score (nSPS) is 10.9. The van der Waals surface area contributed by atoms with E-state index in [0.29, 0.717) is 17.1 Å². The lowest BCUT2D eigenvalue weighted by atomic mass is 10.2. The number of nitrogens with zero attached hydrogens (tertiary/aromatic N) is 3. The van der Waals surface area contributed by atoms with Crippen LogP contribution in [0.4, 0.5) is 5.69 Å². The van der Waals surface area contributed by atoms with Gasteiger partial charge in [-0.2, -0.15) is 0 Å². The molecule has 2 N–H and O–H groups in total. The Bertz CT molecular complexity index is 1070. The third kappa shape index (κ3) is 4.20. The highest BCUT2D eigenvalue weighted by Gasteiger charge is 2.14. The highest BCUT2D eigenvalue weighted by Crippen LogP contribution is 2.16. The summed E-state index contributed by atoms with van der Waals surface area (Å²) in [6.45, 7) is 3.47. The van der Waals surface area contributed by atoms with Crippen molar-refractivity contribution in [3.8, 4) is 5.75 Å². The molecule has 0 aliphatic carbocycles. The predicted molar refractivity (Wildman–Crippen MR) is 104 cm³/mol. The summed E-state index contributed by atoms with van der Waals surface area (Å²) in [5.74, 6) is 0.00198. The quantitative estimate of drug-likeness (QED) is 0.667. The molecule has 0 unspecified atom stereocenters. The van der Waals surface area contributed by atoms with E-state index >= 15 is 0 Å². The minimum absolute atomic E-state index is 0.0338. The first-order chi connectivity index (χ1) is 13.4. The van der Waals surface area contributed by atoms with Gasteiger partial charge in [-0.15, -0.1) is 5.10 Å². The lowest BCUT2D eigenvalue weighted by Crippen LogP contribution is -2.36. The molecule has 9 nitrogen and oxygen atoms in total. The second-order valence-electron chi connectivity index (χ2n) is 6.49. The van der Waals surface area contributed by atoms with Crippen molar-refractivity contribution in [1.82, 2.24) is 19.5 Å². The number of benzene rings is 1. The minimum atomic E-state index is -0.493. The van der Waals surface area contributed by atoms with Crippen molar-refractivity contribution in [2.45, 2.75) is 26.4 Å². The second kappa shape index (κ2) is 7.95. The number of aromatic nitrogens is 3. The van der Waals surface area contributed by atoms with Gasteiger partial charge in [0.1, 0.15) is 12.3 Å². The van der Waals surface area contributed by atoms with Gasteiger partial charge in [-0.05, 0) is 50.2 Å². The summed E-state index contributed by atoms with van der Waals surface area (Å²) in [7, 11) is 1.56. The first-order valence-electron chi connectivity index (χ1n) is 8.71. The van der Waals surface area contributed by atoms with Gasteiger partial charge in [0.2, 0.25) is 5.91 Å². The molecule has 0 aliphatic rings. The van der Waals surface area contributed by atoms with Crippen LogP contribution in [-0.4, -0.2) is 39.1 Å². The van der Waals surface area contributed by atoms with Gasteiger partial charge >= 0.3 is 5.69 Å². The van der Waals surface area contributed by atoms with Crippen LogP contribution in [0.5, 0.6) is 5.75 Å². The maximum atomic E-state index is 12.5. The third-order valence-corrected chi connectivity index (χ3v) is 3.93. The fourth-order valence-electron chi connectivity index (χ4n) is 2.64. The molecule has 1 aromatic carbocycles. The molecule has 0 saturated carbocycles. The molecule has 0 atom stereocenters. The first kappa shape index (κ1) is 19.2. The number of ether oxygens (including phenoxy) is 1. The Morgan fingerprint density at radius 2 is 1.86 bits per heavy atom. The van der Waals surface area contributed by atoms with E-state index < -0.39 is 5.69 Å². The highest BCUT2D eigenvalue weighted by molar-refractivity contribution is 6.04. The number of methoxy groups -OCH3 is 1. The van der Waals surface area contributed by atoms with Gasteiger partial charge in [0.15, 0.2) is 5.65 Å². The van der Waals surface area contributed by atoms with Crippen molar-refractivity contribution in [3.05, 3.63) is 58.6 Å². The Morgan fingerprint density at radius 1 is 1.14 bits per heavy atom. The molecular weight excluding hydrogens is 362 g/mol. The monoisotopic (exact) mass is 383 g/mol. The molecule has 2 aromatic heterocycles. The van der Waals surface area contributed by atoms with Gasteiger partial charge in [0.25, 0.3) is 5.91 Å². The largest absolute Gasteiger partial charge is 0.497 e. The average molecular weight is 383 g/mol. The summed E-state index contributed by atoms with van der Waals surface area (Å²) in [4.78, 5) is 36.9. The lowest BCUT2D eigenvalue weighted by molar-refractivity contribution is -0.122. The SMILES string of the molecule is COc1ccc(NC(=O)c2ccc3nn(CC(=O)NC(C)C)c(=O)n3c2)cc1. The molecule has 3 rings (SSSR count). The van der Waals surface area contributed by atoms with Crippen LogP contribution in [-0.2, 0) is 11.3 Å². The number of hydrogen-bond acceptors (Lipinski definition) is 5. The summed E-state index contributed by atoms with van der Waals surface area (Å²) in [5.41, 5.74) is 0.743. The molecule has 2 amide bonds. The summed E-state index contributed by atoms with van der Waals surface area (Å²) >= 11 is 0. The summed E-state index contributed by atoms with van der Waals surface area (Å²) < 4.78 is 7.39. The molecule has 0 fully saturated rings. The van der Waals surface area contributed by atoms with Gasteiger partial charge in [-0.1, -0.05) is 0 Å². The van der Waals surface area contributed by atoms with Crippen LogP contribution in [0.15, 0.2) is 47.4 Å². The van der Waals surface area contributed by atoms with E-state index in [4.69, 9.17) is 4.74 Å². The van der Waals surface area contributed by atoms with Crippen LogP contribution in [0.2, 0.25) is 0 Å². The van der Waals surface area contributed by atoms with Crippen molar-refractivity contribution in [2.75, 3.05) is 12.4 Å². The average Bonchev–Trinajstić information content (AvgIpc) is 2.96. The summed E-state index contributed by atoms with van der Waals surface area (Å²) in [6, 6.07) is 9.99. The van der Waals surface area contributed by atoms with E-state index in [-0.39, 0.29) is 30.0 Å². The molecule has 146 valence electrons. The van der Waals surface area contributed by atoms with Crippen molar-refractivity contribution >= 4 is 23.1 Å². The molecular formula is C19H21N5O4. The van der Waals surface area contributed by atoms with Crippen molar-refractivity contribution < 1.29 is 14.3 Å². The molecule has 0 bridgehead atoms. The van der Waals surface area contributed by atoms with Crippen LogP contribution < -0.4 is 21.1 Å². The number of anilines is 1. The van der Waals surface area contributed by atoms with Crippen LogP contribution in [0, 0.1) is 0 Å². The third-order valence-electron chi connectivity index (χ3n) is 3.93. The fourth-order valence-corrected chi connectivity index (χ4v) is 2.64. The van der Waals surface area contributed by atoms with E-state index in [1.165, 1.54) is 10.6 Å². The van der Waals surface area contributed by atoms with Crippen LogP contribution >= 0.6 is 0 Å². The van der Waals surface area contributed by atoms with Crippen molar-refractivity contribution in [3.63, 3.8) is 0 Å². The maximum absolute atomic E-state index is 12.5. The molecule has 0 spiro atoms. The van der Waals surface area contributed by atoms with Gasteiger partial charge < -0.3 is 15.4 Å². The zero-order valence-electron chi connectivity index (χ0n) is 15.8. The van der Waals surface area contributed by atoms with Gasteiger partial charge in [0.05, 0.1) is 12.7 Å². The van der Waals surface area contributed by atoms with Crippen LogP contribution in [0.1, 0.15) is 24.2 Å².